The van der Waals surface area contributed by atoms with Crippen molar-refractivity contribution < 1.29 is 9.53 Å². The summed E-state index contributed by atoms with van der Waals surface area (Å²) in [5.41, 5.74) is 1.94. The van der Waals surface area contributed by atoms with Crippen molar-refractivity contribution in [3.63, 3.8) is 0 Å². The minimum atomic E-state index is -0.0872. The summed E-state index contributed by atoms with van der Waals surface area (Å²) in [4.78, 5) is 15.3. The summed E-state index contributed by atoms with van der Waals surface area (Å²) >= 11 is 0. The maximum Gasteiger partial charge on any atom is 0.244 e. The standard InChI is InChI=1S/C12H16N2O2/c1-9(2)6-11(15)14-8-10-4-5-13-12(7-10)16-3/h4-7H,8H2,1-3H3,(H,14,15). The van der Waals surface area contributed by atoms with Gasteiger partial charge in [0, 0.05) is 24.9 Å². The third-order valence-corrected chi connectivity index (χ3v) is 1.89. The van der Waals surface area contributed by atoms with Crippen LogP contribution in [0.2, 0.25) is 0 Å². The minimum Gasteiger partial charge on any atom is -0.481 e. The molecular weight excluding hydrogens is 204 g/mol. The number of ether oxygens (including phenoxy) is 1. The summed E-state index contributed by atoms with van der Waals surface area (Å²) in [5.74, 6) is 0.463. The molecule has 0 aromatic carbocycles. The highest BCUT2D eigenvalue weighted by molar-refractivity contribution is 5.87. The number of pyridine rings is 1. The van der Waals surface area contributed by atoms with Crippen LogP contribution in [0.1, 0.15) is 19.4 Å². The van der Waals surface area contributed by atoms with Gasteiger partial charge in [0.15, 0.2) is 0 Å². The smallest absolute Gasteiger partial charge is 0.244 e. The zero-order valence-electron chi connectivity index (χ0n) is 9.78. The molecule has 1 N–H and O–H groups in total. The van der Waals surface area contributed by atoms with Crippen LogP contribution in [-0.4, -0.2) is 18.0 Å². The van der Waals surface area contributed by atoms with Gasteiger partial charge in [0.2, 0.25) is 11.8 Å². The van der Waals surface area contributed by atoms with E-state index in [1.807, 2.05) is 19.9 Å². The molecule has 0 atom stereocenters. The van der Waals surface area contributed by atoms with E-state index >= 15 is 0 Å². The average molecular weight is 220 g/mol. The van der Waals surface area contributed by atoms with Crippen molar-refractivity contribution in [3.8, 4) is 5.88 Å². The van der Waals surface area contributed by atoms with Crippen molar-refractivity contribution in [1.82, 2.24) is 10.3 Å². The third kappa shape index (κ3) is 4.13. The maximum absolute atomic E-state index is 11.3. The maximum atomic E-state index is 11.3. The van der Waals surface area contributed by atoms with E-state index in [1.54, 1.807) is 25.4 Å². The fraction of sp³-hybridized carbons (Fsp3) is 0.333. The molecule has 1 aromatic heterocycles. The number of amides is 1. The van der Waals surface area contributed by atoms with E-state index < -0.39 is 0 Å². The first-order valence-electron chi connectivity index (χ1n) is 5.03. The van der Waals surface area contributed by atoms with Gasteiger partial charge in [-0.15, -0.1) is 0 Å². The fourth-order valence-corrected chi connectivity index (χ4v) is 1.17. The Bertz CT molecular complexity index is 396. The second-order valence-electron chi connectivity index (χ2n) is 3.65. The van der Waals surface area contributed by atoms with E-state index in [1.165, 1.54) is 0 Å². The summed E-state index contributed by atoms with van der Waals surface area (Å²) in [7, 11) is 1.56. The molecule has 0 unspecified atom stereocenters. The molecule has 0 aliphatic heterocycles. The highest BCUT2D eigenvalue weighted by Crippen LogP contribution is 2.07. The summed E-state index contributed by atoms with van der Waals surface area (Å²) in [6.45, 7) is 4.24. The Hall–Kier alpha value is -1.84. The van der Waals surface area contributed by atoms with Crippen LogP contribution >= 0.6 is 0 Å². The summed E-state index contributed by atoms with van der Waals surface area (Å²) in [6, 6.07) is 3.63. The van der Waals surface area contributed by atoms with Gasteiger partial charge in [-0.1, -0.05) is 5.57 Å². The molecule has 1 amide bonds. The first kappa shape index (κ1) is 12.2. The SMILES string of the molecule is COc1cc(CNC(=O)C=C(C)C)ccn1. The van der Waals surface area contributed by atoms with Crippen LogP contribution in [0.15, 0.2) is 30.0 Å². The molecule has 0 saturated carbocycles. The monoisotopic (exact) mass is 220 g/mol. The van der Waals surface area contributed by atoms with Gasteiger partial charge in [0.1, 0.15) is 0 Å². The van der Waals surface area contributed by atoms with E-state index in [2.05, 4.69) is 10.3 Å². The Morgan fingerprint density at radius 1 is 1.56 bits per heavy atom. The highest BCUT2D eigenvalue weighted by atomic mass is 16.5. The minimum absolute atomic E-state index is 0.0872. The average Bonchev–Trinajstić information content (AvgIpc) is 2.26. The van der Waals surface area contributed by atoms with Crippen LogP contribution < -0.4 is 10.1 Å². The van der Waals surface area contributed by atoms with Gasteiger partial charge in [0.25, 0.3) is 0 Å². The second kappa shape index (κ2) is 5.90. The molecule has 1 heterocycles. The first-order chi connectivity index (χ1) is 7.61. The Labute approximate surface area is 95.3 Å². The normalized spacial score (nSPS) is 9.44. The molecule has 1 rings (SSSR count). The van der Waals surface area contributed by atoms with Gasteiger partial charge in [-0.3, -0.25) is 4.79 Å². The number of rotatable bonds is 4. The van der Waals surface area contributed by atoms with Gasteiger partial charge in [-0.25, -0.2) is 4.98 Å². The van der Waals surface area contributed by atoms with Crippen LogP contribution in [-0.2, 0) is 11.3 Å². The number of nitrogens with one attached hydrogen (secondary N) is 1. The van der Waals surface area contributed by atoms with Gasteiger partial charge in [-0.05, 0) is 25.5 Å². The molecular formula is C12H16N2O2. The summed E-state index contributed by atoms with van der Waals surface area (Å²) < 4.78 is 4.99. The topological polar surface area (TPSA) is 51.2 Å². The van der Waals surface area contributed by atoms with Crippen LogP contribution in [0.25, 0.3) is 0 Å². The van der Waals surface area contributed by atoms with Crippen LogP contribution in [0.3, 0.4) is 0 Å². The van der Waals surface area contributed by atoms with E-state index in [-0.39, 0.29) is 5.91 Å². The molecule has 0 saturated heterocycles. The predicted octanol–water partition coefficient (Wildman–Crippen LogP) is 1.67. The summed E-state index contributed by atoms with van der Waals surface area (Å²) in [6.07, 6.45) is 3.22. The number of nitrogens with zero attached hydrogens (tertiary/aromatic N) is 1. The molecule has 0 spiro atoms. The van der Waals surface area contributed by atoms with Crippen molar-refractivity contribution in [1.29, 1.82) is 0 Å². The number of allylic oxidation sites excluding steroid dienone is 1. The van der Waals surface area contributed by atoms with Crippen molar-refractivity contribution >= 4 is 5.91 Å². The largest absolute Gasteiger partial charge is 0.481 e. The number of aromatic nitrogens is 1. The van der Waals surface area contributed by atoms with Gasteiger partial charge < -0.3 is 10.1 Å². The molecule has 16 heavy (non-hydrogen) atoms. The molecule has 0 radical (unpaired) electrons. The van der Waals surface area contributed by atoms with E-state index in [9.17, 15) is 4.79 Å². The van der Waals surface area contributed by atoms with Gasteiger partial charge >= 0.3 is 0 Å². The van der Waals surface area contributed by atoms with Crippen molar-refractivity contribution in [3.05, 3.63) is 35.5 Å². The van der Waals surface area contributed by atoms with Crippen LogP contribution in [0.5, 0.6) is 5.88 Å². The zero-order chi connectivity index (χ0) is 12.0. The highest BCUT2D eigenvalue weighted by Gasteiger charge is 1.99. The summed E-state index contributed by atoms with van der Waals surface area (Å²) in [5, 5.41) is 2.78. The Morgan fingerprint density at radius 3 is 2.94 bits per heavy atom. The molecule has 0 aliphatic carbocycles. The Kier molecular flexibility index (Phi) is 4.51. The number of carbonyl (C=O) groups excluding carboxylic acids is 1. The third-order valence-electron chi connectivity index (χ3n) is 1.89. The molecule has 0 aliphatic rings. The van der Waals surface area contributed by atoms with Crippen LogP contribution in [0.4, 0.5) is 0 Å². The second-order valence-corrected chi connectivity index (χ2v) is 3.65. The lowest BCUT2D eigenvalue weighted by Gasteiger charge is -2.04. The lowest BCUT2D eigenvalue weighted by atomic mass is 10.2. The number of methoxy groups -OCH3 is 1. The predicted molar refractivity (Wildman–Crippen MR) is 62.1 cm³/mol. The fourth-order valence-electron chi connectivity index (χ4n) is 1.17. The van der Waals surface area contributed by atoms with Crippen molar-refractivity contribution in [2.24, 2.45) is 0 Å². The molecule has 4 nitrogen and oxygen atoms in total. The van der Waals surface area contributed by atoms with Crippen molar-refractivity contribution in [2.75, 3.05) is 7.11 Å². The molecule has 4 heteroatoms. The lowest BCUT2D eigenvalue weighted by Crippen LogP contribution is -2.20. The zero-order valence-corrected chi connectivity index (χ0v) is 9.78. The molecule has 1 aromatic rings. The molecule has 0 fully saturated rings. The Morgan fingerprint density at radius 2 is 2.31 bits per heavy atom. The lowest BCUT2D eigenvalue weighted by molar-refractivity contribution is -0.116. The molecule has 0 bridgehead atoms. The van der Waals surface area contributed by atoms with Gasteiger partial charge in [0.05, 0.1) is 7.11 Å². The van der Waals surface area contributed by atoms with Crippen LogP contribution in [0, 0.1) is 0 Å². The number of hydrogen-bond donors (Lipinski definition) is 1. The van der Waals surface area contributed by atoms with E-state index in [0.29, 0.717) is 12.4 Å². The quantitative estimate of drug-likeness (QED) is 0.785. The number of carbonyl (C=O) groups is 1. The van der Waals surface area contributed by atoms with E-state index in [4.69, 9.17) is 4.74 Å². The van der Waals surface area contributed by atoms with E-state index in [0.717, 1.165) is 11.1 Å². The first-order valence-corrected chi connectivity index (χ1v) is 5.03. The molecule has 86 valence electrons. The number of hydrogen-bond acceptors (Lipinski definition) is 3. The van der Waals surface area contributed by atoms with Gasteiger partial charge in [-0.2, -0.15) is 0 Å². The van der Waals surface area contributed by atoms with Crippen molar-refractivity contribution in [2.45, 2.75) is 20.4 Å². The Balaban J connectivity index is 2.54.